The van der Waals surface area contributed by atoms with Crippen molar-refractivity contribution in [2.75, 3.05) is 30.5 Å². The van der Waals surface area contributed by atoms with Gasteiger partial charge in [0.15, 0.2) is 28.9 Å². The average Bonchev–Trinajstić information content (AvgIpc) is 3.52. The lowest BCUT2D eigenvalue weighted by Crippen LogP contribution is -2.35. The predicted octanol–water partition coefficient (Wildman–Crippen LogP) is 5.54. The molecule has 2 aliphatic rings. The first-order valence-corrected chi connectivity index (χ1v) is 12.9. The third-order valence-electron chi connectivity index (χ3n) is 6.53. The molecule has 5 rings (SSSR count). The monoisotopic (exact) mass is 509 g/mol. The lowest BCUT2D eigenvalue weighted by atomic mass is 9.82. The first-order chi connectivity index (χ1) is 17.3. The summed E-state index contributed by atoms with van der Waals surface area (Å²) in [6, 6.07) is 11.0. The fourth-order valence-electron chi connectivity index (χ4n) is 4.61. The van der Waals surface area contributed by atoms with Crippen molar-refractivity contribution < 1.29 is 19.4 Å². The molecule has 10 heteroatoms. The van der Waals surface area contributed by atoms with E-state index in [0.717, 1.165) is 48.1 Å². The van der Waals surface area contributed by atoms with Gasteiger partial charge in [0.1, 0.15) is 0 Å². The molecule has 1 unspecified atom stereocenters. The van der Waals surface area contributed by atoms with E-state index in [1.54, 1.807) is 23.1 Å². The second kappa shape index (κ2) is 9.85. The summed E-state index contributed by atoms with van der Waals surface area (Å²) in [4.78, 5) is 14.8. The quantitative estimate of drug-likeness (QED) is 0.372. The van der Waals surface area contributed by atoms with Crippen LogP contribution in [0.4, 0.5) is 17.3 Å². The molecule has 3 N–H and O–H groups in total. The normalized spacial score (nSPS) is 16.0. The number of nitrogens with one attached hydrogen (secondary N) is 2. The number of ether oxygens (including phenoxy) is 2. The van der Waals surface area contributed by atoms with Gasteiger partial charge >= 0.3 is 0 Å². The van der Waals surface area contributed by atoms with Crippen LogP contribution in [-0.4, -0.2) is 44.5 Å². The highest BCUT2D eigenvalue weighted by atomic mass is 32.1. The van der Waals surface area contributed by atoms with E-state index in [1.165, 1.54) is 0 Å². The number of carbonyl (C=O) groups is 1. The largest absolute Gasteiger partial charge is 0.505 e. The van der Waals surface area contributed by atoms with E-state index in [-0.39, 0.29) is 35.5 Å². The summed E-state index contributed by atoms with van der Waals surface area (Å²) in [5.41, 5.74) is 1.55. The van der Waals surface area contributed by atoms with Crippen LogP contribution in [0, 0.1) is 5.41 Å². The van der Waals surface area contributed by atoms with Crippen LogP contribution >= 0.6 is 11.7 Å². The summed E-state index contributed by atoms with van der Waals surface area (Å²) in [6.45, 7) is 8.08. The zero-order valence-corrected chi connectivity index (χ0v) is 21.5. The predicted molar refractivity (Wildman–Crippen MR) is 139 cm³/mol. The molecule has 190 valence electrons. The van der Waals surface area contributed by atoms with E-state index in [1.807, 2.05) is 18.2 Å². The topological polar surface area (TPSA) is 109 Å². The van der Waals surface area contributed by atoms with Gasteiger partial charge in [0.2, 0.25) is 6.79 Å². The van der Waals surface area contributed by atoms with Gasteiger partial charge in [0.05, 0.1) is 29.0 Å². The van der Waals surface area contributed by atoms with Gasteiger partial charge in [0.25, 0.3) is 5.91 Å². The molecule has 1 fully saturated rings. The Morgan fingerprint density at radius 1 is 1.06 bits per heavy atom. The van der Waals surface area contributed by atoms with Crippen molar-refractivity contribution >= 4 is 35.0 Å². The Morgan fingerprint density at radius 3 is 2.58 bits per heavy atom. The maximum Gasteiger partial charge on any atom is 0.257 e. The Morgan fingerprint density at radius 2 is 1.81 bits per heavy atom. The van der Waals surface area contributed by atoms with E-state index >= 15 is 0 Å². The van der Waals surface area contributed by atoms with Gasteiger partial charge in [-0.05, 0) is 54.5 Å². The minimum atomic E-state index is -0.169. The van der Waals surface area contributed by atoms with E-state index in [9.17, 15) is 9.90 Å². The summed E-state index contributed by atoms with van der Waals surface area (Å²) in [5.74, 6) is 2.26. The lowest BCUT2D eigenvalue weighted by molar-refractivity contribution is 0.0721. The van der Waals surface area contributed by atoms with Crippen molar-refractivity contribution in [3.8, 4) is 17.2 Å². The molecular weight excluding hydrogens is 478 g/mol. The molecule has 0 saturated carbocycles. The van der Waals surface area contributed by atoms with Crippen molar-refractivity contribution in [2.24, 2.45) is 5.41 Å². The molecule has 0 aliphatic carbocycles. The van der Waals surface area contributed by atoms with E-state index in [2.05, 4.69) is 40.2 Å². The standard InChI is InChI=1S/C26H31N5O4S/c1-26(2,3)22(16-10-11-19-20(14-16)35-15-34-19)28-24-23(29-36-30-24)27-18-9-7-8-17(21(18)32)25(33)31-12-5-4-6-13-31/h7-11,14,22,32H,4-6,12-13,15H2,1-3H3,(H,27,29)(H,28,30). The summed E-state index contributed by atoms with van der Waals surface area (Å²) in [6.07, 6.45) is 3.11. The number of hydrogen-bond donors (Lipinski definition) is 3. The molecule has 1 amide bonds. The number of fused-ring (bicyclic) bond motifs is 1. The molecule has 1 atom stereocenters. The molecule has 0 radical (unpaired) electrons. The molecule has 2 aromatic carbocycles. The molecule has 9 nitrogen and oxygen atoms in total. The maximum atomic E-state index is 13.0. The summed E-state index contributed by atoms with van der Waals surface area (Å²) in [7, 11) is 0. The van der Waals surface area contributed by atoms with E-state index in [0.29, 0.717) is 30.4 Å². The Balaban J connectivity index is 1.38. The van der Waals surface area contributed by atoms with Gasteiger partial charge in [-0.25, -0.2) is 0 Å². The number of aromatic nitrogens is 2. The van der Waals surface area contributed by atoms with Crippen molar-refractivity contribution in [3.05, 3.63) is 47.5 Å². The van der Waals surface area contributed by atoms with Crippen LogP contribution in [0.15, 0.2) is 36.4 Å². The average molecular weight is 510 g/mol. The van der Waals surface area contributed by atoms with Gasteiger partial charge in [-0.1, -0.05) is 32.9 Å². The summed E-state index contributed by atoms with van der Waals surface area (Å²) in [5, 5.41) is 17.7. The van der Waals surface area contributed by atoms with Gasteiger partial charge in [-0.2, -0.15) is 8.75 Å². The fraction of sp³-hybridized carbons (Fsp3) is 0.423. The van der Waals surface area contributed by atoms with Crippen molar-refractivity contribution in [1.29, 1.82) is 0 Å². The van der Waals surface area contributed by atoms with Gasteiger partial charge < -0.3 is 30.1 Å². The fourth-order valence-corrected chi connectivity index (χ4v) is 5.08. The van der Waals surface area contributed by atoms with Crippen LogP contribution in [0.3, 0.4) is 0 Å². The third-order valence-corrected chi connectivity index (χ3v) is 7.06. The van der Waals surface area contributed by atoms with Crippen LogP contribution < -0.4 is 20.1 Å². The second-order valence-corrected chi connectivity index (χ2v) is 10.7. The summed E-state index contributed by atoms with van der Waals surface area (Å²) < 4.78 is 19.9. The number of phenolic OH excluding ortho intramolecular Hbond substituents is 1. The zero-order chi connectivity index (χ0) is 25.3. The number of anilines is 3. The Labute approximate surface area is 214 Å². The zero-order valence-electron chi connectivity index (χ0n) is 20.7. The molecule has 3 heterocycles. The number of carbonyl (C=O) groups excluding carboxylic acids is 1. The molecule has 0 bridgehead atoms. The highest BCUT2D eigenvalue weighted by Gasteiger charge is 2.30. The minimum Gasteiger partial charge on any atom is -0.505 e. The number of hydrogen-bond acceptors (Lipinski definition) is 9. The van der Waals surface area contributed by atoms with Crippen LogP contribution in [0.5, 0.6) is 17.2 Å². The molecule has 36 heavy (non-hydrogen) atoms. The number of aromatic hydroxyl groups is 1. The third kappa shape index (κ3) is 4.90. The van der Waals surface area contributed by atoms with Crippen LogP contribution in [0.1, 0.15) is 62.0 Å². The molecule has 0 spiro atoms. The number of amides is 1. The molecule has 1 aromatic heterocycles. The van der Waals surface area contributed by atoms with Crippen molar-refractivity contribution in [2.45, 2.75) is 46.1 Å². The number of phenols is 1. The van der Waals surface area contributed by atoms with E-state index in [4.69, 9.17) is 9.47 Å². The van der Waals surface area contributed by atoms with E-state index < -0.39 is 0 Å². The van der Waals surface area contributed by atoms with Gasteiger partial charge in [0, 0.05) is 13.1 Å². The first kappa shape index (κ1) is 24.2. The Kier molecular flexibility index (Phi) is 6.61. The summed E-state index contributed by atoms with van der Waals surface area (Å²) >= 11 is 1.07. The number of likely N-dealkylation sites (tertiary alicyclic amines) is 1. The smallest absolute Gasteiger partial charge is 0.257 e. The minimum absolute atomic E-state index is 0.0878. The first-order valence-electron chi connectivity index (χ1n) is 12.2. The second-order valence-electron chi connectivity index (χ2n) is 10.2. The number of rotatable bonds is 6. The lowest BCUT2D eigenvalue weighted by Gasteiger charge is -2.32. The Bertz CT molecular complexity index is 1250. The van der Waals surface area contributed by atoms with Gasteiger partial charge in [-0.15, -0.1) is 0 Å². The van der Waals surface area contributed by atoms with Crippen molar-refractivity contribution in [3.63, 3.8) is 0 Å². The van der Waals surface area contributed by atoms with Crippen LogP contribution in [0.2, 0.25) is 0 Å². The van der Waals surface area contributed by atoms with Gasteiger partial charge in [-0.3, -0.25) is 4.79 Å². The number of nitrogens with zero attached hydrogens (tertiary/aromatic N) is 3. The molecule has 2 aliphatic heterocycles. The van der Waals surface area contributed by atoms with Crippen LogP contribution in [-0.2, 0) is 0 Å². The van der Waals surface area contributed by atoms with Crippen molar-refractivity contribution in [1.82, 2.24) is 13.6 Å². The number of para-hydroxylation sites is 1. The molecule has 1 saturated heterocycles. The highest BCUT2D eigenvalue weighted by molar-refractivity contribution is 6.99. The Hall–Kier alpha value is -3.53. The highest BCUT2D eigenvalue weighted by Crippen LogP contribution is 2.42. The number of benzene rings is 2. The number of piperidine rings is 1. The molecular formula is C26H31N5O4S. The molecule has 3 aromatic rings. The van der Waals surface area contributed by atoms with Crippen LogP contribution in [0.25, 0.3) is 0 Å². The maximum absolute atomic E-state index is 13.0. The SMILES string of the molecule is CC(C)(C)C(Nc1nsnc1Nc1cccc(C(=O)N2CCCCC2)c1O)c1ccc2c(c1)OCO2.